The molecule has 0 aromatic carbocycles. The van der Waals surface area contributed by atoms with Crippen LogP contribution in [0.2, 0.25) is 0 Å². The molecule has 0 aliphatic heterocycles. The Kier molecular flexibility index (Phi) is 4.69. The van der Waals surface area contributed by atoms with Gasteiger partial charge in [-0.1, -0.05) is 17.8 Å². The molecule has 14 heavy (non-hydrogen) atoms. The highest BCUT2D eigenvalue weighted by molar-refractivity contribution is 8.01. The van der Waals surface area contributed by atoms with Gasteiger partial charge in [0, 0.05) is 22.9 Å². The minimum Gasteiger partial charge on any atom is -0.466 e. The summed E-state index contributed by atoms with van der Waals surface area (Å²) in [5.41, 5.74) is 0.636. The molecule has 1 rings (SSSR count). The van der Waals surface area contributed by atoms with Crippen molar-refractivity contribution in [3.8, 4) is 0 Å². The molecule has 0 bridgehead atoms. The SMILES string of the molecule is COC(=O)C(C)=CCSc1nccs1. The van der Waals surface area contributed by atoms with Crippen molar-refractivity contribution in [1.29, 1.82) is 0 Å². The van der Waals surface area contributed by atoms with Gasteiger partial charge in [0.2, 0.25) is 0 Å². The molecule has 0 N–H and O–H groups in total. The summed E-state index contributed by atoms with van der Waals surface area (Å²) in [7, 11) is 1.38. The molecule has 76 valence electrons. The molecule has 1 aromatic rings. The largest absolute Gasteiger partial charge is 0.466 e. The Morgan fingerprint density at radius 1 is 1.79 bits per heavy atom. The number of hydrogen-bond donors (Lipinski definition) is 0. The maximum absolute atomic E-state index is 11.0. The topological polar surface area (TPSA) is 39.2 Å². The first-order chi connectivity index (χ1) is 6.74. The van der Waals surface area contributed by atoms with Crippen LogP contribution in [-0.4, -0.2) is 23.8 Å². The van der Waals surface area contributed by atoms with E-state index in [4.69, 9.17) is 0 Å². The van der Waals surface area contributed by atoms with Gasteiger partial charge in [0.15, 0.2) is 0 Å². The van der Waals surface area contributed by atoms with Crippen molar-refractivity contribution in [2.75, 3.05) is 12.9 Å². The average Bonchev–Trinajstić information content (AvgIpc) is 2.69. The van der Waals surface area contributed by atoms with Crippen LogP contribution in [0.3, 0.4) is 0 Å². The van der Waals surface area contributed by atoms with E-state index in [0.717, 1.165) is 10.1 Å². The summed E-state index contributed by atoms with van der Waals surface area (Å²) in [6, 6.07) is 0. The number of ether oxygens (including phenoxy) is 1. The van der Waals surface area contributed by atoms with Crippen LogP contribution in [0.15, 0.2) is 27.6 Å². The van der Waals surface area contributed by atoms with Gasteiger partial charge in [-0.25, -0.2) is 9.78 Å². The summed E-state index contributed by atoms with van der Waals surface area (Å²) in [6.07, 6.45) is 3.61. The Balaban J connectivity index is 2.36. The third-order valence-electron chi connectivity index (χ3n) is 1.51. The predicted octanol–water partition coefficient (Wildman–Crippen LogP) is 2.35. The average molecular weight is 229 g/mol. The number of thiazole rings is 1. The Bertz CT molecular complexity index is 320. The molecule has 5 heteroatoms. The van der Waals surface area contributed by atoms with Gasteiger partial charge in [-0.15, -0.1) is 11.3 Å². The first kappa shape index (κ1) is 11.3. The standard InChI is InChI=1S/C9H11NO2S2/c1-7(8(11)12-2)3-5-13-9-10-4-6-14-9/h3-4,6H,5H2,1-2H3. The van der Waals surface area contributed by atoms with Crippen molar-refractivity contribution in [2.45, 2.75) is 11.3 Å². The Hall–Kier alpha value is -0.810. The van der Waals surface area contributed by atoms with Crippen molar-refractivity contribution in [1.82, 2.24) is 4.98 Å². The first-order valence-electron chi connectivity index (χ1n) is 4.01. The maximum atomic E-state index is 11.0. The highest BCUT2D eigenvalue weighted by Crippen LogP contribution is 2.20. The number of nitrogens with zero attached hydrogens (tertiary/aromatic N) is 1. The normalized spacial score (nSPS) is 11.4. The molecule has 0 unspecified atom stereocenters. The lowest BCUT2D eigenvalue weighted by Gasteiger charge is -1.97. The van der Waals surface area contributed by atoms with Crippen LogP contribution in [0.5, 0.6) is 0 Å². The van der Waals surface area contributed by atoms with Crippen LogP contribution in [0.25, 0.3) is 0 Å². The van der Waals surface area contributed by atoms with Gasteiger partial charge in [0.1, 0.15) is 4.34 Å². The van der Waals surface area contributed by atoms with Crippen molar-refractivity contribution in [3.05, 3.63) is 23.2 Å². The van der Waals surface area contributed by atoms with Crippen molar-refractivity contribution < 1.29 is 9.53 Å². The summed E-state index contributed by atoms with van der Waals surface area (Å²) >= 11 is 3.20. The molecule has 0 radical (unpaired) electrons. The van der Waals surface area contributed by atoms with Crippen LogP contribution in [0, 0.1) is 0 Å². The molecular formula is C9H11NO2S2. The highest BCUT2D eigenvalue weighted by atomic mass is 32.2. The van der Waals surface area contributed by atoms with Crippen molar-refractivity contribution in [3.63, 3.8) is 0 Å². The Labute approximate surface area is 91.2 Å². The second-order valence-corrected chi connectivity index (χ2v) is 4.65. The van der Waals surface area contributed by atoms with Crippen LogP contribution in [-0.2, 0) is 9.53 Å². The smallest absolute Gasteiger partial charge is 0.333 e. The molecule has 0 saturated carbocycles. The molecule has 0 fully saturated rings. The lowest BCUT2D eigenvalue weighted by atomic mass is 10.3. The zero-order chi connectivity index (χ0) is 10.4. The van der Waals surface area contributed by atoms with Crippen molar-refractivity contribution >= 4 is 29.1 Å². The monoisotopic (exact) mass is 229 g/mol. The van der Waals surface area contributed by atoms with E-state index in [9.17, 15) is 4.79 Å². The van der Waals surface area contributed by atoms with Crippen molar-refractivity contribution in [2.24, 2.45) is 0 Å². The number of carbonyl (C=O) groups is 1. The van der Waals surface area contributed by atoms with E-state index >= 15 is 0 Å². The van der Waals surface area contributed by atoms with Crippen LogP contribution < -0.4 is 0 Å². The number of methoxy groups -OCH3 is 1. The zero-order valence-electron chi connectivity index (χ0n) is 8.02. The number of aromatic nitrogens is 1. The van der Waals surface area contributed by atoms with Gasteiger partial charge in [0.25, 0.3) is 0 Å². The molecule has 1 aromatic heterocycles. The molecule has 0 saturated heterocycles. The number of carbonyl (C=O) groups excluding carboxylic acids is 1. The van der Waals surface area contributed by atoms with E-state index in [1.54, 1.807) is 36.2 Å². The molecular weight excluding hydrogens is 218 g/mol. The van der Waals surface area contributed by atoms with Crippen LogP contribution in [0.1, 0.15) is 6.92 Å². The van der Waals surface area contributed by atoms with E-state index in [1.165, 1.54) is 7.11 Å². The number of hydrogen-bond acceptors (Lipinski definition) is 5. The molecule has 0 amide bonds. The summed E-state index contributed by atoms with van der Waals surface area (Å²) in [5, 5.41) is 1.93. The van der Waals surface area contributed by atoms with E-state index < -0.39 is 0 Å². The second-order valence-electron chi connectivity index (χ2n) is 2.49. The lowest BCUT2D eigenvalue weighted by Crippen LogP contribution is -2.01. The third-order valence-corrected chi connectivity index (χ3v) is 3.41. The van der Waals surface area contributed by atoms with E-state index in [1.807, 2.05) is 11.5 Å². The van der Waals surface area contributed by atoms with Crippen LogP contribution in [0.4, 0.5) is 0 Å². The summed E-state index contributed by atoms with van der Waals surface area (Å²) in [5.74, 6) is 0.471. The minimum atomic E-state index is -0.273. The van der Waals surface area contributed by atoms with Gasteiger partial charge >= 0.3 is 5.97 Å². The predicted molar refractivity (Wildman–Crippen MR) is 58.6 cm³/mol. The molecule has 3 nitrogen and oxygen atoms in total. The molecule has 0 aliphatic rings. The summed E-state index contributed by atoms with van der Waals surface area (Å²) in [6.45, 7) is 1.74. The van der Waals surface area contributed by atoms with Crippen LogP contribution >= 0.6 is 23.1 Å². The highest BCUT2D eigenvalue weighted by Gasteiger charge is 2.02. The van der Waals surface area contributed by atoms with Gasteiger partial charge in [-0.05, 0) is 6.92 Å². The maximum Gasteiger partial charge on any atom is 0.333 e. The number of esters is 1. The molecule has 0 atom stereocenters. The Morgan fingerprint density at radius 3 is 3.14 bits per heavy atom. The lowest BCUT2D eigenvalue weighted by molar-refractivity contribution is -0.136. The van der Waals surface area contributed by atoms with Gasteiger partial charge < -0.3 is 4.74 Å². The second kappa shape index (κ2) is 5.82. The van der Waals surface area contributed by atoms with Gasteiger partial charge in [-0.3, -0.25) is 0 Å². The van der Waals surface area contributed by atoms with Gasteiger partial charge in [0.05, 0.1) is 7.11 Å². The molecule has 1 heterocycles. The fourth-order valence-corrected chi connectivity index (χ4v) is 2.38. The van der Waals surface area contributed by atoms with E-state index in [0.29, 0.717) is 5.57 Å². The Morgan fingerprint density at radius 2 is 2.57 bits per heavy atom. The summed E-state index contributed by atoms with van der Waals surface area (Å²) in [4.78, 5) is 15.1. The fraction of sp³-hybridized carbons (Fsp3) is 0.333. The first-order valence-corrected chi connectivity index (χ1v) is 5.88. The quantitative estimate of drug-likeness (QED) is 0.451. The number of rotatable bonds is 4. The van der Waals surface area contributed by atoms with Gasteiger partial charge in [-0.2, -0.15) is 0 Å². The zero-order valence-corrected chi connectivity index (χ0v) is 9.65. The fourth-order valence-electron chi connectivity index (χ4n) is 0.764. The number of thioether (sulfide) groups is 1. The third kappa shape index (κ3) is 3.51. The van der Waals surface area contributed by atoms with E-state index in [-0.39, 0.29) is 5.97 Å². The summed E-state index contributed by atoms with van der Waals surface area (Å²) < 4.78 is 5.58. The molecule has 0 aliphatic carbocycles. The minimum absolute atomic E-state index is 0.273. The van der Waals surface area contributed by atoms with E-state index in [2.05, 4.69) is 9.72 Å². The molecule has 0 spiro atoms.